The SMILES string of the molecule is COCC(C(=O)[O-])n1cc(C)c([N+](=O)[O-])n1.[Cs+]. The van der Waals surface area contributed by atoms with Crippen LogP contribution in [0.3, 0.4) is 0 Å². The largest absolute Gasteiger partial charge is 1.00 e. The normalized spacial score (nSPS) is 11.6. The molecule has 0 saturated heterocycles. The average molecular weight is 361 g/mol. The summed E-state index contributed by atoms with van der Waals surface area (Å²) in [6, 6.07) is -1.17. The molecule has 0 bridgehead atoms. The van der Waals surface area contributed by atoms with Gasteiger partial charge in [0.05, 0.1) is 29.4 Å². The Kier molecular flexibility index (Phi) is 7.55. The van der Waals surface area contributed by atoms with E-state index in [2.05, 4.69) is 9.84 Å². The van der Waals surface area contributed by atoms with Crippen LogP contribution in [-0.4, -0.2) is 34.4 Å². The monoisotopic (exact) mass is 361 g/mol. The molecule has 0 saturated carbocycles. The van der Waals surface area contributed by atoms with Gasteiger partial charge in [0.15, 0.2) is 0 Å². The number of aryl methyl sites for hydroxylation is 1. The topological polar surface area (TPSA) is 110 Å². The first-order valence-electron chi connectivity index (χ1n) is 4.37. The summed E-state index contributed by atoms with van der Waals surface area (Å²) in [5, 5.41) is 24.8. The zero-order valence-corrected chi connectivity index (χ0v) is 16.0. The summed E-state index contributed by atoms with van der Waals surface area (Å²) < 4.78 is 5.64. The van der Waals surface area contributed by atoms with Crippen LogP contribution in [0.1, 0.15) is 11.6 Å². The van der Waals surface area contributed by atoms with Crippen LogP contribution in [0, 0.1) is 17.0 Å². The summed E-state index contributed by atoms with van der Waals surface area (Å²) in [6.07, 6.45) is 1.28. The molecular weight excluding hydrogens is 351 g/mol. The molecule has 0 amide bonds. The molecule has 0 N–H and O–H groups in total. The molecule has 1 aromatic rings. The van der Waals surface area contributed by atoms with Crippen molar-refractivity contribution >= 4 is 11.8 Å². The van der Waals surface area contributed by atoms with Gasteiger partial charge in [-0.2, -0.15) is 4.68 Å². The quantitative estimate of drug-likeness (QED) is 0.391. The fourth-order valence-corrected chi connectivity index (χ4v) is 1.22. The molecule has 1 heterocycles. The second-order valence-electron chi connectivity index (χ2n) is 3.16. The smallest absolute Gasteiger partial charge is 0.548 e. The number of hydrogen-bond acceptors (Lipinski definition) is 6. The molecule has 0 aromatic carbocycles. The van der Waals surface area contributed by atoms with Crippen LogP contribution >= 0.6 is 0 Å². The molecule has 0 fully saturated rings. The maximum atomic E-state index is 10.8. The number of carboxylic acid groups (broad SMARTS) is 1. The van der Waals surface area contributed by atoms with Gasteiger partial charge in [-0.05, 0) is 11.8 Å². The number of ether oxygens (including phenoxy) is 1. The van der Waals surface area contributed by atoms with Gasteiger partial charge in [0.25, 0.3) is 0 Å². The number of methoxy groups -OCH3 is 1. The van der Waals surface area contributed by atoms with Gasteiger partial charge in [0.1, 0.15) is 6.04 Å². The minimum Gasteiger partial charge on any atom is -0.548 e. The zero-order chi connectivity index (χ0) is 12.3. The first kappa shape index (κ1) is 17.1. The minimum atomic E-state index is -1.40. The Morgan fingerprint density at radius 3 is 2.65 bits per heavy atom. The second-order valence-corrected chi connectivity index (χ2v) is 3.16. The van der Waals surface area contributed by atoms with Gasteiger partial charge in [-0.1, -0.05) is 0 Å². The predicted molar refractivity (Wildman–Crippen MR) is 49.5 cm³/mol. The number of carbonyl (C=O) groups is 1. The number of hydrogen-bond donors (Lipinski definition) is 0. The molecule has 1 rings (SSSR count). The van der Waals surface area contributed by atoms with Crippen LogP contribution in [0.4, 0.5) is 5.82 Å². The molecule has 1 aromatic heterocycles. The van der Waals surface area contributed by atoms with Gasteiger partial charge >= 0.3 is 74.7 Å². The van der Waals surface area contributed by atoms with Crippen molar-refractivity contribution in [3.8, 4) is 0 Å². The molecule has 17 heavy (non-hydrogen) atoms. The van der Waals surface area contributed by atoms with E-state index in [1.807, 2.05) is 0 Å². The van der Waals surface area contributed by atoms with Crippen LogP contribution in [-0.2, 0) is 9.53 Å². The van der Waals surface area contributed by atoms with Crippen molar-refractivity contribution in [3.63, 3.8) is 0 Å². The molecule has 0 aliphatic heterocycles. The van der Waals surface area contributed by atoms with Gasteiger partial charge in [0, 0.05) is 7.11 Å². The standard InChI is InChI=1S/C8H11N3O5.Cs/c1-5-3-10(9-7(5)11(14)15)6(4-16-2)8(12)13;/h3,6H,4H2,1-2H3,(H,12,13);/q;+1/p-1. The van der Waals surface area contributed by atoms with Crippen molar-refractivity contribution in [2.45, 2.75) is 13.0 Å². The van der Waals surface area contributed by atoms with Crippen molar-refractivity contribution in [3.05, 3.63) is 21.9 Å². The molecular formula is C8H10CsN3O5. The van der Waals surface area contributed by atoms with E-state index >= 15 is 0 Å². The van der Waals surface area contributed by atoms with Crippen molar-refractivity contribution < 1.29 is 88.5 Å². The molecule has 1 unspecified atom stereocenters. The Hall–Kier alpha value is 0.0919. The summed E-state index contributed by atoms with van der Waals surface area (Å²) in [4.78, 5) is 20.6. The third-order valence-electron chi connectivity index (χ3n) is 1.98. The number of carboxylic acids is 1. The number of nitrogens with zero attached hydrogens (tertiary/aromatic N) is 3. The minimum absolute atomic E-state index is 0. The molecule has 0 spiro atoms. The van der Waals surface area contributed by atoms with Gasteiger partial charge in [-0.3, -0.25) is 0 Å². The van der Waals surface area contributed by atoms with E-state index in [0.717, 1.165) is 4.68 Å². The number of aliphatic carboxylic acids is 1. The van der Waals surface area contributed by atoms with Crippen LogP contribution < -0.4 is 74.0 Å². The van der Waals surface area contributed by atoms with Crippen LogP contribution in [0.15, 0.2) is 6.20 Å². The Morgan fingerprint density at radius 1 is 1.71 bits per heavy atom. The van der Waals surface area contributed by atoms with Crippen LogP contribution in [0.2, 0.25) is 0 Å². The summed E-state index contributed by atoms with van der Waals surface area (Å²) in [5.41, 5.74) is 0.285. The number of aromatic nitrogens is 2. The Bertz CT molecular complexity index is 419. The summed E-state index contributed by atoms with van der Waals surface area (Å²) in [7, 11) is 1.32. The zero-order valence-electron chi connectivity index (χ0n) is 9.74. The maximum Gasteiger partial charge on any atom is 1.00 e. The Balaban J connectivity index is 0.00000256. The van der Waals surface area contributed by atoms with E-state index in [9.17, 15) is 20.0 Å². The van der Waals surface area contributed by atoms with Crippen LogP contribution in [0.5, 0.6) is 0 Å². The van der Waals surface area contributed by atoms with Crippen molar-refractivity contribution in [1.29, 1.82) is 0 Å². The molecule has 1 atom stereocenters. The molecule has 88 valence electrons. The average Bonchev–Trinajstić information content (AvgIpc) is 2.56. The fourth-order valence-electron chi connectivity index (χ4n) is 1.22. The van der Waals surface area contributed by atoms with Gasteiger partial charge in [-0.15, -0.1) is 0 Å². The summed E-state index contributed by atoms with van der Waals surface area (Å²) in [5.74, 6) is -1.78. The Morgan fingerprint density at radius 2 is 2.29 bits per heavy atom. The predicted octanol–water partition coefficient (Wildman–Crippen LogP) is -3.96. The van der Waals surface area contributed by atoms with E-state index in [1.54, 1.807) is 0 Å². The second kappa shape index (κ2) is 7.51. The number of rotatable bonds is 5. The van der Waals surface area contributed by atoms with Gasteiger partial charge in [-0.25, -0.2) is 0 Å². The first-order chi connectivity index (χ1) is 7.47. The van der Waals surface area contributed by atoms with Crippen molar-refractivity contribution in [2.75, 3.05) is 13.7 Å². The van der Waals surface area contributed by atoms with Crippen LogP contribution in [0.25, 0.3) is 0 Å². The van der Waals surface area contributed by atoms with Gasteiger partial charge < -0.3 is 24.8 Å². The third kappa shape index (κ3) is 4.35. The van der Waals surface area contributed by atoms with E-state index in [0.29, 0.717) is 0 Å². The van der Waals surface area contributed by atoms with E-state index in [-0.39, 0.29) is 86.9 Å². The molecule has 8 nitrogen and oxygen atoms in total. The van der Waals surface area contributed by atoms with E-state index < -0.39 is 16.9 Å². The molecule has 0 aliphatic carbocycles. The van der Waals surface area contributed by atoms with E-state index in [4.69, 9.17) is 0 Å². The number of nitro groups is 1. The molecule has 9 heteroatoms. The molecule has 0 radical (unpaired) electrons. The summed E-state index contributed by atoms with van der Waals surface area (Å²) >= 11 is 0. The van der Waals surface area contributed by atoms with Gasteiger partial charge in [0.2, 0.25) is 0 Å². The Labute approximate surface area is 156 Å². The molecule has 0 aliphatic rings. The summed E-state index contributed by atoms with van der Waals surface area (Å²) in [6.45, 7) is 1.31. The van der Waals surface area contributed by atoms with Crippen molar-refractivity contribution in [1.82, 2.24) is 9.78 Å². The van der Waals surface area contributed by atoms with E-state index in [1.165, 1.54) is 20.2 Å². The fraction of sp³-hybridized carbons (Fsp3) is 0.500. The number of carbonyl (C=O) groups excluding carboxylic acids is 1. The third-order valence-corrected chi connectivity index (χ3v) is 1.98. The van der Waals surface area contributed by atoms with Crippen molar-refractivity contribution in [2.24, 2.45) is 0 Å². The maximum absolute atomic E-state index is 10.8. The first-order valence-corrected chi connectivity index (χ1v) is 4.37.